The Morgan fingerprint density at radius 2 is 1.77 bits per heavy atom. The maximum atomic E-state index is 12.3. The molecule has 2 aromatic rings. The van der Waals surface area contributed by atoms with Gasteiger partial charge in [0.05, 0.1) is 5.56 Å². The van der Waals surface area contributed by atoms with Crippen LogP contribution in [0.4, 0.5) is 5.69 Å². The van der Waals surface area contributed by atoms with Crippen LogP contribution in [0.5, 0.6) is 0 Å². The summed E-state index contributed by atoms with van der Waals surface area (Å²) in [6.45, 7) is 4.29. The molecule has 136 valence electrons. The summed E-state index contributed by atoms with van der Waals surface area (Å²) in [4.78, 5) is 28.3. The first-order valence-electron chi connectivity index (χ1n) is 8.55. The number of amides is 1. The molecule has 1 amide bonds. The third-order valence-electron chi connectivity index (χ3n) is 4.39. The molecule has 26 heavy (non-hydrogen) atoms. The van der Waals surface area contributed by atoms with E-state index in [1.165, 1.54) is 0 Å². The topological polar surface area (TPSA) is 49.9 Å². The number of ether oxygens (including phenoxy) is 1. The van der Waals surface area contributed by atoms with Crippen LogP contribution in [0.25, 0.3) is 0 Å². The fourth-order valence-corrected chi connectivity index (χ4v) is 3.15. The van der Waals surface area contributed by atoms with Crippen LogP contribution in [-0.4, -0.2) is 49.6 Å². The van der Waals surface area contributed by atoms with Gasteiger partial charge in [-0.2, -0.15) is 0 Å². The Morgan fingerprint density at radius 1 is 1.04 bits per heavy atom. The molecule has 1 aliphatic rings. The standard InChI is InChI=1S/C20H21ClN2O3/c1-15-4-2-5-16(12-15)20(25)26-14-19(24)23-10-8-22(9-11-23)18-7-3-6-17(21)13-18/h2-7,12-13H,8-11,14H2,1H3. The predicted octanol–water partition coefficient (Wildman–Crippen LogP) is 3.15. The third-order valence-corrected chi connectivity index (χ3v) is 4.62. The van der Waals surface area contributed by atoms with E-state index in [0.29, 0.717) is 23.7 Å². The second-order valence-electron chi connectivity index (χ2n) is 6.29. The van der Waals surface area contributed by atoms with Crippen LogP contribution >= 0.6 is 11.6 Å². The molecule has 1 heterocycles. The zero-order valence-electron chi connectivity index (χ0n) is 14.7. The normalized spacial score (nSPS) is 14.2. The zero-order chi connectivity index (χ0) is 18.5. The smallest absolute Gasteiger partial charge is 0.338 e. The molecule has 3 rings (SSSR count). The number of anilines is 1. The number of nitrogens with zero attached hydrogens (tertiary/aromatic N) is 2. The number of carbonyl (C=O) groups excluding carboxylic acids is 2. The highest BCUT2D eigenvalue weighted by Crippen LogP contribution is 2.20. The van der Waals surface area contributed by atoms with Crippen molar-refractivity contribution in [3.8, 4) is 0 Å². The van der Waals surface area contributed by atoms with Crippen molar-refractivity contribution in [1.82, 2.24) is 4.90 Å². The van der Waals surface area contributed by atoms with Crippen LogP contribution in [0, 0.1) is 6.92 Å². The number of hydrogen-bond acceptors (Lipinski definition) is 4. The summed E-state index contributed by atoms with van der Waals surface area (Å²) in [6.07, 6.45) is 0. The van der Waals surface area contributed by atoms with Crippen molar-refractivity contribution < 1.29 is 14.3 Å². The van der Waals surface area contributed by atoms with Crippen LogP contribution in [-0.2, 0) is 9.53 Å². The lowest BCUT2D eigenvalue weighted by atomic mass is 10.1. The summed E-state index contributed by atoms with van der Waals surface area (Å²) in [5.41, 5.74) is 2.49. The summed E-state index contributed by atoms with van der Waals surface area (Å²) < 4.78 is 5.16. The van der Waals surface area contributed by atoms with Gasteiger partial charge < -0.3 is 14.5 Å². The lowest BCUT2D eigenvalue weighted by Crippen LogP contribution is -2.49. The van der Waals surface area contributed by atoms with Gasteiger partial charge in [-0.05, 0) is 37.3 Å². The van der Waals surface area contributed by atoms with Gasteiger partial charge in [-0.15, -0.1) is 0 Å². The highest BCUT2D eigenvalue weighted by Gasteiger charge is 2.22. The fourth-order valence-electron chi connectivity index (χ4n) is 2.96. The summed E-state index contributed by atoms with van der Waals surface area (Å²) in [5, 5.41) is 0.698. The molecule has 0 unspecified atom stereocenters. The maximum absolute atomic E-state index is 12.3. The number of halogens is 1. The predicted molar refractivity (Wildman–Crippen MR) is 102 cm³/mol. The van der Waals surface area contributed by atoms with E-state index < -0.39 is 5.97 Å². The number of hydrogen-bond donors (Lipinski definition) is 0. The largest absolute Gasteiger partial charge is 0.452 e. The summed E-state index contributed by atoms with van der Waals surface area (Å²) in [5.74, 6) is -0.642. The SMILES string of the molecule is Cc1cccc(C(=O)OCC(=O)N2CCN(c3cccc(Cl)c3)CC2)c1. The van der Waals surface area contributed by atoms with E-state index in [0.717, 1.165) is 24.3 Å². The van der Waals surface area contributed by atoms with Gasteiger partial charge in [0.1, 0.15) is 0 Å². The van der Waals surface area contributed by atoms with Gasteiger partial charge in [0.2, 0.25) is 0 Å². The van der Waals surface area contributed by atoms with Crippen LogP contribution in [0.1, 0.15) is 15.9 Å². The molecule has 1 fully saturated rings. The van der Waals surface area contributed by atoms with Crippen LogP contribution in [0.2, 0.25) is 5.02 Å². The van der Waals surface area contributed by atoms with E-state index in [9.17, 15) is 9.59 Å². The van der Waals surface area contributed by atoms with E-state index in [2.05, 4.69) is 4.90 Å². The first-order chi connectivity index (χ1) is 12.5. The van der Waals surface area contributed by atoms with E-state index in [-0.39, 0.29) is 12.5 Å². The Hall–Kier alpha value is -2.53. The summed E-state index contributed by atoms with van der Waals surface area (Å²) in [7, 11) is 0. The number of carbonyl (C=O) groups is 2. The van der Waals surface area contributed by atoms with Crippen molar-refractivity contribution in [3.05, 3.63) is 64.7 Å². The molecule has 2 aromatic carbocycles. The van der Waals surface area contributed by atoms with E-state index in [4.69, 9.17) is 16.3 Å². The average Bonchev–Trinajstić information content (AvgIpc) is 2.66. The molecule has 0 atom stereocenters. The maximum Gasteiger partial charge on any atom is 0.338 e. The molecule has 0 saturated carbocycles. The minimum Gasteiger partial charge on any atom is -0.452 e. The quantitative estimate of drug-likeness (QED) is 0.773. The van der Waals surface area contributed by atoms with Crippen LogP contribution in [0.3, 0.4) is 0 Å². The number of benzene rings is 2. The molecule has 0 aliphatic carbocycles. The molecule has 1 aliphatic heterocycles. The first-order valence-corrected chi connectivity index (χ1v) is 8.93. The Balaban J connectivity index is 1.48. The molecule has 0 radical (unpaired) electrons. The summed E-state index contributed by atoms with van der Waals surface area (Å²) >= 11 is 6.03. The van der Waals surface area contributed by atoms with Crippen molar-refractivity contribution in [2.75, 3.05) is 37.7 Å². The number of rotatable bonds is 4. The van der Waals surface area contributed by atoms with Gasteiger partial charge in [-0.1, -0.05) is 35.4 Å². The van der Waals surface area contributed by atoms with E-state index in [1.54, 1.807) is 23.1 Å². The second-order valence-corrected chi connectivity index (χ2v) is 6.73. The first kappa shape index (κ1) is 18.3. The highest BCUT2D eigenvalue weighted by molar-refractivity contribution is 6.30. The van der Waals surface area contributed by atoms with Crippen molar-refractivity contribution in [2.24, 2.45) is 0 Å². The van der Waals surface area contributed by atoms with Crippen molar-refractivity contribution in [2.45, 2.75) is 6.92 Å². The lowest BCUT2D eigenvalue weighted by Gasteiger charge is -2.36. The average molecular weight is 373 g/mol. The molecule has 0 N–H and O–H groups in total. The fraction of sp³-hybridized carbons (Fsp3) is 0.300. The van der Waals surface area contributed by atoms with Crippen molar-refractivity contribution in [3.63, 3.8) is 0 Å². The Kier molecular flexibility index (Phi) is 5.78. The molecule has 0 bridgehead atoms. The Morgan fingerprint density at radius 3 is 2.46 bits per heavy atom. The lowest BCUT2D eigenvalue weighted by molar-refractivity contribution is -0.134. The van der Waals surface area contributed by atoms with Gasteiger partial charge in [0.25, 0.3) is 5.91 Å². The molecule has 6 heteroatoms. The van der Waals surface area contributed by atoms with Gasteiger partial charge >= 0.3 is 5.97 Å². The van der Waals surface area contributed by atoms with Crippen molar-refractivity contribution in [1.29, 1.82) is 0 Å². The second kappa shape index (κ2) is 8.23. The third kappa shape index (κ3) is 4.55. The van der Waals surface area contributed by atoms with Crippen molar-refractivity contribution >= 4 is 29.2 Å². The van der Waals surface area contributed by atoms with E-state index in [1.807, 2.05) is 37.3 Å². The van der Waals surface area contributed by atoms with Crippen LogP contribution < -0.4 is 4.90 Å². The minimum absolute atomic E-state index is 0.170. The number of piperazine rings is 1. The van der Waals surface area contributed by atoms with Gasteiger partial charge in [0, 0.05) is 36.9 Å². The molecule has 0 spiro atoms. The van der Waals surface area contributed by atoms with Gasteiger partial charge in [-0.25, -0.2) is 4.79 Å². The Bertz CT molecular complexity index is 801. The zero-order valence-corrected chi connectivity index (χ0v) is 15.4. The molecule has 0 aromatic heterocycles. The summed E-state index contributed by atoms with van der Waals surface area (Å²) in [6, 6.07) is 14.8. The monoisotopic (exact) mass is 372 g/mol. The molecule has 1 saturated heterocycles. The molecular weight excluding hydrogens is 352 g/mol. The minimum atomic E-state index is -0.473. The number of esters is 1. The molecule has 5 nitrogen and oxygen atoms in total. The Labute approximate surface area is 158 Å². The van der Waals surface area contributed by atoms with E-state index >= 15 is 0 Å². The van der Waals surface area contributed by atoms with Gasteiger partial charge in [0.15, 0.2) is 6.61 Å². The molecular formula is C20H21ClN2O3. The van der Waals surface area contributed by atoms with Gasteiger partial charge in [-0.3, -0.25) is 4.79 Å². The highest BCUT2D eigenvalue weighted by atomic mass is 35.5. The number of aryl methyl sites for hydroxylation is 1. The van der Waals surface area contributed by atoms with Crippen LogP contribution in [0.15, 0.2) is 48.5 Å².